The number of nitrogens with zero attached hydrogens (tertiary/aromatic N) is 1. The number of nitrogen functional groups attached to an aromatic ring is 1. The molecule has 0 aromatic heterocycles. The lowest BCUT2D eigenvalue weighted by atomic mass is 10.0. The molecule has 0 amide bonds. The van der Waals surface area contributed by atoms with Gasteiger partial charge in [0.2, 0.25) is 10.0 Å². The molecule has 0 spiro atoms. The predicted molar refractivity (Wildman–Crippen MR) is 86.9 cm³/mol. The molecule has 2 rings (SSSR count). The van der Waals surface area contributed by atoms with Crippen LogP contribution in [0.3, 0.4) is 0 Å². The molecule has 7 heteroatoms. The smallest absolute Gasteiger partial charge is 0.247 e. The highest BCUT2D eigenvalue weighted by Crippen LogP contribution is 2.37. The maximum Gasteiger partial charge on any atom is 0.247 e. The molecular formula is C14H21BrN2O3S. The average Bonchev–Trinajstić information content (AvgIpc) is 2.40. The summed E-state index contributed by atoms with van der Waals surface area (Å²) in [5.41, 5.74) is 6.24. The van der Waals surface area contributed by atoms with Crippen LogP contribution in [0.1, 0.15) is 33.1 Å². The van der Waals surface area contributed by atoms with Gasteiger partial charge in [0.05, 0.1) is 7.11 Å². The van der Waals surface area contributed by atoms with Gasteiger partial charge in [-0.05, 0) is 54.8 Å². The number of ether oxygens (including phenoxy) is 1. The number of benzene rings is 1. The number of rotatable bonds is 3. The van der Waals surface area contributed by atoms with Crippen LogP contribution in [-0.4, -0.2) is 31.9 Å². The van der Waals surface area contributed by atoms with E-state index in [-0.39, 0.29) is 17.0 Å². The summed E-state index contributed by atoms with van der Waals surface area (Å²) in [6.45, 7) is 3.89. The van der Waals surface area contributed by atoms with Crippen molar-refractivity contribution in [1.82, 2.24) is 4.31 Å². The number of nitrogens with two attached hydrogens (primary N) is 1. The summed E-state index contributed by atoms with van der Waals surface area (Å²) in [5.74, 6) is 0.307. The van der Waals surface area contributed by atoms with Crippen LogP contribution in [0.15, 0.2) is 21.5 Å². The Bertz CT molecular complexity index is 623. The first-order valence-corrected chi connectivity index (χ1v) is 9.19. The highest BCUT2D eigenvalue weighted by molar-refractivity contribution is 9.10. The summed E-state index contributed by atoms with van der Waals surface area (Å²) in [7, 11) is -2.18. The van der Waals surface area contributed by atoms with E-state index in [1.54, 1.807) is 10.4 Å². The Morgan fingerprint density at radius 3 is 2.38 bits per heavy atom. The Morgan fingerprint density at radius 2 is 1.86 bits per heavy atom. The molecule has 0 unspecified atom stereocenters. The van der Waals surface area contributed by atoms with E-state index < -0.39 is 10.0 Å². The summed E-state index contributed by atoms with van der Waals surface area (Å²) in [5, 5.41) is 0. The molecule has 0 aliphatic carbocycles. The molecule has 118 valence electrons. The van der Waals surface area contributed by atoms with Crippen molar-refractivity contribution < 1.29 is 13.2 Å². The van der Waals surface area contributed by atoms with E-state index in [0.717, 1.165) is 19.3 Å². The van der Waals surface area contributed by atoms with Gasteiger partial charge in [-0.1, -0.05) is 6.42 Å². The fourth-order valence-corrected chi connectivity index (χ4v) is 5.28. The first-order chi connectivity index (χ1) is 9.78. The highest BCUT2D eigenvalue weighted by atomic mass is 79.9. The van der Waals surface area contributed by atoms with Gasteiger partial charge in [-0.2, -0.15) is 4.31 Å². The van der Waals surface area contributed by atoms with Crippen LogP contribution in [0.5, 0.6) is 5.75 Å². The molecular weight excluding hydrogens is 356 g/mol. The average molecular weight is 377 g/mol. The molecule has 21 heavy (non-hydrogen) atoms. The van der Waals surface area contributed by atoms with Crippen LogP contribution < -0.4 is 10.5 Å². The molecule has 1 aliphatic heterocycles. The lowest BCUT2D eigenvalue weighted by molar-refractivity contribution is 0.203. The Morgan fingerprint density at radius 1 is 1.29 bits per heavy atom. The normalized spacial score (nSPS) is 24.0. The molecule has 1 saturated heterocycles. The van der Waals surface area contributed by atoms with Crippen molar-refractivity contribution in [3.63, 3.8) is 0 Å². The lowest BCUT2D eigenvalue weighted by Gasteiger charge is -2.37. The number of hydrogen-bond donors (Lipinski definition) is 1. The molecule has 5 nitrogen and oxygen atoms in total. The Hall–Kier alpha value is -0.790. The van der Waals surface area contributed by atoms with Crippen LogP contribution in [-0.2, 0) is 10.0 Å². The molecule has 1 heterocycles. The summed E-state index contributed by atoms with van der Waals surface area (Å²) in [6, 6.07) is 3.02. The second-order valence-electron chi connectivity index (χ2n) is 5.49. The second-order valence-corrected chi connectivity index (χ2v) is 8.15. The van der Waals surface area contributed by atoms with Gasteiger partial charge < -0.3 is 10.5 Å². The monoisotopic (exact) mass is 376 g/mol. The van der Waals surface area contributed by atoms with Crippen molar-refractivity contribution in [2.24, 2.45) is 0 Å². The molecule has 0 radical (unpaired) electrons. The molecule has 1 aliphatic rings. The number of piperidine rings is 1. The first-order valence-electron chi connectivity index (χ1n) is 6.95. The molecule has 2 N–H and O–H groups in total. The quantitative estimate of drug-likeness (QED) is 0.822. The van der Waals surface area contributed by atoms with Gasteiger partial charge in [-0.15, -0.1) is 0 Å². The van der Waals surface area contributed by atoms with E-state index >= 15 is 0 Å². The van der Waals surface area contributed by atoms with Crippen LogP contribution in [0, 0.1) is 0 Å². The van der Waals surface area contributed by atoms with Gasteiger partial charge in [-0.25, -0.2) is 8.42 Å². The Balaban J connectivity index is 2.55. The third-order valence-corrected chi connectivity index (χ3v) is 6.79. The van der Waals surface area contributed by atoms with Crippen molar-refractivity contribution >= 4 is 31.6 Å². The fraction of sp³-hybridized carbons (Fsp3) is 0.571. The minimum atomic E-state index is -3.63. The van der Waals surface area contributed by atoms with Crippen LogP contribution in [0.2, 0.25) is 0 Å². The zero-order valence-electron chi connectivity index (χ0n) is 12.5. The third-order valence-electron chi connectivity index (χ3n) is 3.95. The van der Waals surface area contributed by atoms with Crippen LogP contribution >= 0.6 is 15.9 Å². The standard InChI is InChI=1S/C14H21BrN2O3S/c1-9-5-4-6-10(2)17(9)21(18,19)14-8-12(16)11(15)7-13(14)20-3/h7-10H,4-6,16H2,1-3H3/t9-,10+. The maximum absolute atomic E-state index is 13.0. The third kappa shape index (κ3) is 3.05. The van der Waals surface area contributed by atoms with Crippen LogP contribution in [0.25, 0.3) is 0 Å². The van der Waals surface area contributed by atoms with E-state index in [9.17, 15) is 8.42 Å². The van der Waals surface area contributed by atoms with Crippen LogP contribution in [0.4, 0.5) is 5.69 Å². The molecule has 2 atom stereocenters. The largest absolute Gasteiger partial charge is 0.495 e. The van der Waals surface area contributed by atoms with E-state index in [0.29, 0.717) is 15.9 Å². The molecule has 0 saturated carbocycles. The minimum absolute atomic E-state index is 0.0201. The van der Waals surface area contributed by atoms with E-state index in [1.165, 1.54) is 13.2 Å². The van der Waals surface area contributed by atoms with Crippen molar-refractivity contribution in [2.75, 3.05) is 12.8 Å². The second kappa shape index (κ2) is 6.14. The summed E-state index contributed by atoms with van der Waals surface area (Å²) >= 11 is 3.29. The van der Waals surface area contributed by atoms with Gasteiger partial charge in [-0.3, -0.25) is 0 Å². The predicted octanol–water partition coefficient (Wildman–Crippen LogP) is 2.99. The van der Waals surface area contributed by atoms with E-state index in [2.05, 4.69) is 15.9 Å². The van der Waals surface area contributed by atoms with Crippen molar-refractivity contribution in [3.05, 3.63) is 16.6 Å². The Kier molecular flexibility index (Phi) is 4.85. The van der Waals surface area contributed by atoms with Crippen molar-refractivity contribution in [1.29, 1.82) is 0 Å². The number of sulfonamides is 1. The van der Waals surface area contributed by atoms with E-state index in [4.69, 9.17) is 10.5 Å². The molecule has 1 fully saturated rings. The zero-order valence-corrected chi connectivity index (χ0v) is 14.9. The molecule has 1 aromatic carbocycles. The Labute approximate surface area is 134 Å². The summed E-state index contributed by atoms with van der Waals surface area (Å²) in [6.07, 6.45) is 2.80. The topological polar surface area (TPSA) is 72.6 Å². The fourth-order valence-electron chi connectivity index (χ4n) is 2.90. The molecule has 1 aromatic rings. The number of halogens is 1. The summed E-state index contributed by atoms with van der Waals surface area (Å²) in [4.78, 5) is 0.131. The molecule has 0 bridgehead atoms. The number of anilines is 1. The zero-order chi connectivity index (χ0) is 15.8. The maximum atomic E-state index is 13.0. The van der Waals surface area contributed by atoms with Gasteiger partial charge in [0.25, 0.3) is 0 Å². The van der Waals surface area contributed by atoms with Crippen molar-refractivity contribution in [2.45, 2.75) is 50.1 Å². The van der Waals surface area contributed by atoms with E-state index in [1.807, 2.05) is 13.8 Å². The van der Waals surface area contributed by atoms with Gasteiger partial charge in [0, 0.05) is 22.2 Å². The minimum Gasteiger partial charge on any atom is -0.495 e. The highest BCUT2D eigenvalue weighted by Gasteiger charge is 2.37. The first kappa shape index (κ1) is 16.6. The summed E-state index contributed by atoms with van der Waals surface area (Å²) < 4.78 is 33.5. The van der Waals surface area contributed by atoms with Gasteiger partial charge >= 0.3 is 0 Å². The van der Waals surface area contributed by atoms with Gasteiger partial charge in [0.1, 0.15) is 10.6 Å². The van der Waals surface area contributed by atoms with Gasteiger partial charge in [0.15, 0.2) is 0 Å². The van der Waals surface area contributed by atoms with Crippen molar-refractivity contribution in [3.8, 4) is 5.75 Å². The SMILES string of the molecule is COc1cc(Br)c(N)cc1S(=O)(=O)N1[C@H](C)CCC[C@@H]1C. The number of hydrogen-bond acceptors (Lipinski definition) is 4. The lowest BCUT2D eigenvalue weighted by Crippen LogP contribution is -2.47. The number of methoxy groups -OCH3 is 1.